The average molecular weight is 330 g/mol. The predicted octanol–water partition coefficient (Wildman–Crippen LogP) is 2.70. The van der Waals surface area contributed by atoms with E-state index in [0.29, 0.717) is 23.0 Å². The minimum absolute atomic E-state index is 0.212. The number of nitrogens with zero attached hydrogens (tertiary/aromatic N) is 3. The summed E-state index contributed by atoms with van der Waals surface area (Å²) in [4.78, 5) is 12.2. The van der Waals surface area contributed by atoms with E-state index in [9.17, 15) is 4.79 Å². The molecule has 0 fully saturated rings. The van der Waals surface area contributed by atoms with E-state index in [4.69, 9.17) is 11.6 Å². The zero-order chi connectivity index (χ0) is 16.4. The van der Waals surface area contributed by atoms with E-state index < -0.39 is 0 Å². The summed E-state index contributed by atoms with van der Waals surface area (Å²) < 4.78 is 1.75. The summed E-state index contributed by atoms with van der Waals surface area (Å²) in [5.41, 5.74) is 3.86. The SMILES string of the molecule is Cc1cc(CNC(=O)c2cc(-c3ccc(Cl)cc3)n[nH]2)n(C)n1. The number of aromatic nitrogens is 4. The van der Waals surface area contributed by atoms with Crippen LogP contribution in [0.2, 0.25) is 5.02 Å². The molecule has 0 saturated heterocycles. The van der Waals surface area contributed by atoms with Gasteiger partial charge in [0.2, 0.25) is 0 Å². The number of nitrogens with one attached hydrogen (secondary N) is 2. The minimum atomic E-state index is -0.212. The summed E-state index contributed by atoms with van der Waals surface area (Å²) in [5.74, 6) is -0.212. The Bertz CT molecular complexity index is 835. The lowest BCUT2D eigenvalue weighted by Crippen LogP contribution is -2.24. The highest BCUT2D eigenvalue weighted by Gasteiger charge is 2.12. The van der Waals surface area contributed by atoms with Crippen LogP contribution in [0, 0.1) is 6.92 Å². The van der Waals surface area contributed by atoms with Gasteiger partial charge in [-0.25, -0.2) is 0 Å². The monoisotopic (exact) mass is 329 g/mol. The maximum atomic E-state index is 12.2. The summed E-state index contributed by atoms with van der Waals surface area (Å²) in [5, 5.41) is 14.7. The molecule has 7 heteroatoms. The highest BCUT2D eigenvalue weighted by molar-refractivity contribution is 6.30. The average Bonchev–Trinajstić information content (AvgIpc) is 3.12. The lowest BCUT2D eigenvalue weighted by Gasteiger charge is -2.03. The fourth-order valence-electron chi connectivity index (χ4n) is 2.30. The van der Waals surface area contributed by atoms with Crippen molar-refractivity contribution in [2.75, 3.05) is 0 Å². The lowest BCUT2D eigenvalue weighted by molar-refractivity contribution is 0.0945. The molecule has 0 saturated carbocycles. The van der Waals surface area contributed by atoms with Crippen LogP contribution < -0.4 is 5.32 Å². The molecule has 6 nitrogen and oxygen atoms in total. The first kappa shape index (κ1) is 15.3. The highest BCUT2D eigenvalue weighted by Crippen LogP contribution is 2.20. The number of hydrogen-bond acceptors (Lipinski definition) is 3. The Kier molecular flexibility index (Phi) is 4.16. The van der Waals surface area contributed by atoms with Gasteiger partial charge in [-0.15, -0.1) is 0 Å². The molecule has 23 heavy (non-hydrogen) atoms. The Morgan fingerprint density at radius 2 is 2.04 bits per heavy atom. The molecule has 2 heterocycles. The first-order valence-corrected chi connectivity index (χ1v) is 7.50. The van der Waals surface area contributed by atoms with Crippen LogP contribution in [-0.4, -0.2) is 25.9 Å². The third kappa shape index (κ3) is 3.43. The number of halogens is 1. The van der Waals surface area contributed by atoms with Crippen molar-refractivity contribution in [3.63, 3.8) is 0 Å². The van der Waals surface area contributed by atoms with Crippen LogP contribution in [0.4, 0.5) is 0 Å². The molecular weight excluding hydrogens is 314 g/mol. The maximum Gasteiger partial charge on any atom is 0.269 e. The van der Waals surface area contributed by atoms with Gasteiger partial charge >= 0.3 is 0 Å². The number of aromatic amines is 1. The fraction of sp³-hybridized carbons (Fsp3) is 0.188. The third-order valence-corrected chi connectivity index (χ3v) is 3.74. The van der Waals surface area contributed by atoms with Crippen LogP contribution in [0.15, 0.2) is 36.4 Å². The summed E-state index contributed by atoms with van der Waals surface area (Å²) in [6.07, 6.45) is 0. The second-order valence-electron chi connectivity index (χ2n) is 5.26. The number of H-pyrrole nitrogens is 1. The van der Waals surface area contributed by atoms with Gasteiger partial charge in [0.1, 0.15) is 5.69 Å². The van der Waals surface area contributed by atoms with Crippen molar-refractivity contribution in [3.05, 3.63) is 58.5 Å². The van der Waals surface area contributed by atoms with Crippen LogP contribution in [0.1, 0.15) is 21.9 Å². The largest absolute Gasteiger partial charge is 0.345 e. The standard InChI is InChI=1S/C16H16ClN5O/c1-10-7-13(22(2)21-10)9-18-16(23)15-8-14(19-20-15)11-3-5-12(17)6-4-11/h3-8H,9H2,1-2H3,(H,18,23)(H,19,20). The maximum absolute atomic E-state index is 12.2. The molecule has 3 rings (SSSR count). The Labute approximate surface area is 138 Å². The van der Waals surface area contributed by atoms with Crippen LogP contribution in [0.25, 0.3) is 11.3 Å². The molecule has 3 aromatic rings. The van der Waals surface area contributed by atoms with Crippen LogP contribution in [0.5, 0.6) is 0 Å². The molecule has 2 N–H and O–H groups in total. The molecule has 1 aromatic carbocycles. The fourth-order valence-corrected chi connectivity index (χ4v) is 2.43. The van der Waals surface area contributed by atoms with E-state index in [1.165, 1.54) is 0 Å². The first-order valence-electron chi connectivity index (χ1n) is 7.12. The van der Waals surface area contributed by atoms with Gasteiger partial charge in [0, 0.05) is 17.6 Å². The molecule has 0 aliphatic rings. The van der Waals surface area contributed by atoms with E-state index in [0.717, 1.165) is 17.0 Å². The summed E-state index contributed by atoms with van der Waals surface area (Å²) in [6, 6.07) is 10.9. The van der Waals surface area contributed by atoms with Crippen molar-refractivity contribution in [2.45, 2.75) is 13.5 Å². The number of carbonyl (C=O) groups is 1. The van der Waals surface area contributed by atoms with Crippen molar-refractivity contribution < 1.29 is 4.79 Å². The summed E-state index contributed by atoms with van der Waals surface area (Å²) >= 11 is 5.87. The van der Waals surface area contributed by atoms with Gasteiger partial charge in [0.15, 0.2) is 0 Å². The number of carbonyl (C=O) groups excluding carboxylic acids is 1. The molecule has 0 aliphatic carbocycles. The van der Waals surface area contributed by atoms with Crippen LogP contribution >= 0.6 is 11.6 Å². The van der Waals surface area contributed by atoms with E-state index in [2.05, 4.69) is 20.6 Å². The zero-order valence-corrected chi connectivity index (χ0v) is 13.6. The van der Waals surface area contributed by atoms with Crippen molar-refractivity contribution in [1.29, 1.82) is 0 Å². The van der Waals surface area contributed by atoms with Gasteiger partial charge in [-0.2, -0.15) is 10.2 Å². The van der Waals surface area contributed by atoms with E-state index in [1.54, 1.807) is 22.9 Å². The van der Waals surface area contributed by atoms with E-state index >= 15 is 0 Å². The van der Waals surface area contributed by atoms with E-state index in [1.807, 2.05) is 32.2 Å². The molecule has 0 atom stereocenters. The number of benzene rings is 1. The van der Waals surface area contributed by atoms with Gasteiger partial charge < -0.3 is 5.32 Å². The molecular formula is C16H16ClN5O. The molecule has 0 radical (unpaired) electrons. The first-order chi connectivity index (χ1) is 11.0. The van der Waals surface area contributed by atoms with Crippen LogP contribution in [0.3, 0.4) is 0 Å². The Morgan fingerprint density at radius 1 is 1.30 bits per heavy atom. The zero-order valence-electron chi connectivity index (χ0n) is 12.8. The number of aryl methyl sites for hydroxylation is 2. The van der Waals surface area contributed by atoms with Crippen molar-refractivity contribution in [3.8, 4) is 11.3 Å². The second-order valence-corrected chi connectivity index (χ2v) is 5.69. The van der Waals surface area contributed by atoms with Crippen molar-refractivity contribution in [1.82, 2.24) is 25.3 Å². The van der Waals surface area contributed by atoms with Gasteiger partial charge in [-0.05, 0) is 31.2 Å². The molecule has 0 aliphatic heterocycles. The smallest absolute Gasteiger partial charge is 0.269 e. The van der Waals surface area contributed by atoms with Crippen molar-refractivity contribution in [2.24, 2.45) is 7.05 Å². The topological polar surface area (TPSA) is 75.6 Å². The van der Waals surface area contributed by atoms with Gasteiger partial charge in [-0.3, -0.25) is 14.6 Å². The van der Waals surface area contributed by atoms with Gasteiger partial charge in [0.05, 0.1) is 23.6 Å². The molecule has 2 aromatic heterocycles. The number of amides is 1. The Morgan fingerprint density at radius 3 is 2.70 bits per heavy atom. The van der Waals surface area contributed by atoms with Gasteiger partial charge in [0.25, 0.3) is 5.91 Å². The summed E-state index contributed by atoms with van der Waals surface area (Å²) in [6.45, 7) is 2.32. The van der Waals surface area contributed by atoms with E-state index in [-0.39, 0.29) is 5.91 Å². The highest BCUT2D eigenvalue weighted by atomic mass is 35.5. The second kappa shape index (κ2) is 6.26. The quantitative estimate of drug-likeness (QED) is 0.772. The minimum Gasteiger partial charge on any atom is -0.345 e. The molecule has 0 unspecified atom stereocenters. The number of hydrogen-bond donors (Lipinski definition) is 2. The molecule has 0 spiro atoms. The van der Waals surface area contributed by atoms with Gasteiger partial charge in [-0.1, -0.05) is 23.7 Å². The lowest BCUT2D eigenvalue weighted by atomic mass is 10.1. The molecule has 1 amide bonds. The Hall–Kier alpha value is -2.60. The Balaban J connectivity index is 1.69. The third-order valence-electron chi connectivity index (χ3n) is 3.49. The molecule has 118 valence electrons. The van der Waals surface area contributed by atoms with Crippen LogP contribution in [-0.2, 0) is 13.6 Å². The predicted molar refractivity (Wildman–Crippen MR) is 88.1 cm³/mol. The normalized spacial score (nSPS) is 10.7. The summed E-state index contributed by atoms with van der Waals surface area (Å²) in [7, 11) is 1.85. The molecule has 0 bridgehead atoms. The van der Waals surface area contributed by atoms with Crippen molar-refractivity contribution >= 4 is 17.5 Å². The number of rotatable bonds is 4.